The predicted molar refractivity (Wildman–Crippen MR) is 84.2 cm³/mol. The minimum atomic E-state index is -0.476. The monoisotopic (exact) mass is 307 g/mol. The normalized spacial score (nSPS) is 10.2. The van der Waals surface area contributed by atoms with Crippen LogP contribution in [0.4, 0.5) is 21.5 Å². The number of carbonyl (C=O) groups is 1. The zero-order chi connectivity index (χ0) is 15.4. The molecule has 0 aliphatic heterocycles. The minimum Gasteiger partial charge on any atom is -0.397 e. The van der Waals surface area contributed by atoms with Gasteiger partial charge in [0.25, 0.3) is 0 Å². The van der Waals surface area contributed by atoms with Gasteiger partial charge in [0.1, 0.15) is 5.82 Å². The molecule has 2 aromatic carbocycles. The van der Waals surface area contributed by atoms with Gasteiger partial charge in [0.2, 0.25) is 5.91 Å². The zero-order valence-electron chi connectivity index (χ0n) is 11.4. The summed E-state index contributed by atoms with van der Waals surface area (Å²) >= 11 is 5.92. The first-order valence-corrected chi connectivity index (χ1v) is 6.65. The van der Waals surface area contributed by atoms with Crippen molar-refractivity contribution >= 4 is 34.6 Å². The number of hydrogen-bond acceptors (Lipinski definition) is 3. The van der Waals surface area contributed by atoms with Crippen molar-refractivity contribution in [3.05, 3.63) is 53.3 Å². The topological polar surface area (TPSA) is 58.4 Å². The highest BCUT2D eigenvalue weighted by atomic mass is 35.5. The molecule has 0 aromatic heterocycles. The molecule has 0 spiro atoms. The third-order valence-electron chi connectivity index (χ3n) is 2.93. The third-order valence-corrected chi connectivity index (χ3v) is 3.17. The van der Waals surface area contributed by atoms with Crippen molar-refractivity contribution in [3.8, 4) is 0 Å². The van der Waals surface area contributed by atoms with Crippen LogP contribution < -0.4 is 16.0 Å². The van der Waals surface area contributed by atoms with E-state index in [4.69, 9.17) is 17.3 Å². The van der Waals surface area contributed by atoms with Gasteiger partial charge in [0, 0.05) is 12.1 Å². The zero-order valence-corrected chi connectivity index (χ0v) is 12.2. The van der Waals surface area contributed by atoms with Crippen LogP contribution in [0.2, 0.25) is 5.02 Å². The van der Waals surface area contributed by atoms with Gasteiger partial charge in [-0.1, -0.05) is 23.7 Å². The number of benzene rings is 2. The average molecular weight is 308 g/mol. The van der Waals surface area contributed by atoms with Crippen LogP contribution in [0.15, 0.2) is 42.5 Å². The Hall–Kier alpha value is -2.27. The second kappa shape index (κ2) is 6.45. The Balaban J connectivity index is 2.06. The lowest BCUT2D eigenvalue weighted by Crippen LogP contribution is -2.30. The molecule has 3 N–H and O–H groups in total. The highest BCUT2D eigenvalue weighted by Gasteiger charge is 2.12. The summed E-state index contributed by atoms with van der Waals surface area (Å²) in [5, 5.41) is 3.04. The molecule has 0 heterocycles. The van der Waals surface area contributed by atoms with Crippen molar-refractivity contribution < 1.29 is 9.18 Å². The Kier molecular flexibility index (Phi) is 4.65. The first kappa shape index (κ1) is 15.1. The largest absolute Gasteiger partial charge is 0.397 e. The predicted octanol–water partition coefficient (Wildman–Crippen LogP) is 3.14. The molecular formula is C15H15ClFN3O. The third kappa shape index (κ3) is 3.86. The number of nitrogen functional groups attached to an aromatic ring is 1. The molecule has 0 atom stereocenters. The van der Waals surface area contributed by atoms with Gasteiger partial charge in [-0.2, -0.15) is 0 Å². The molecule has 2 rings (SSSR count). The average Bonchev–Trinajstić information content (AvgIpc) is 2.44. The number of carbonyl (C=O) groups excluding carboxylic acids is 1. The van der Waals surface area contributed by atoms with Gasteiger partial charge in [-0.15, -0.1) is 0 Å². The van der Waals surface area contributed by atoms with Gasteiger partial charge >= 0.3 is 0 Å². The van der Waals surface area contributed by atoms with E-state index in [2.05, 4.69) is 5.32 Å². The number of hydrogen-bond donors (Lipinski definition) is 2. The van der Waals surface area contributed by atoms with Crippen LogP contribution in [0.25, 0.3) is 0 Å². The number of nitrogens with one attached hydrogen (secondary N) is 1. The molecular weight excluding hydrogens is 293 g/mol. The van der Waals surface area contributed by atoms with E-state index in [1.165, 1.54) is 12.1 Å². The van der Waals surface area contributed by atoms with Crippen molar-refractivity contribution in [2.45, 2.75) is 0 Å². The number of likely N-dealkylation sites (N-methyl/N-ethyl adjacent to an activating group) is 1. The van der Waals surface area contributed by atoms with Crippen molar-refractivity contribution in [3.63, 3.8) is 0 Å². The molecule has 0 fully saturated rings. The summed E-state index contributed by atoms with van der Waals surface area (Å²) in [4.78, 5) is 13.6. The number of para-hydroxylation sites is 1. The van der Waals surface area contributed by atoms with Crippen molar-refractivity contribution in [1.29, 1.82) is 0 Å². The SMILES string of the molecule is CN(CC(=O)Nc1ccccc1F)c1cc(Cl)ccc1N. The van der Waals surface area contributed by atoms with Gasteiger partial charge in [0.05, 0.1) is 23.6 Å². The summed E-state index contributed by atoms with van der Waals surface area (Å²) in [5.41, 5.74) is 7.16. The molecule has 1 amide bonds. The molecule has 21 heavy (non-hydrogen) atoms. The number of rotatable bonds is 4. The van der Waals surface area contributed by atoms with Crippen molar-refractivity contribution in [1.82, 2.24) is 0 Å². The number of nitrogens with zero attached hydrogens (tertiary/aromatic N) is 1. The highest BCUT2D eigenvalue weighted by molar-refractivity contribution is 6.31. The van der Waals surface area contributed by atoms with Crippen LogP contribution in [0.5, 0.6) is 0 Å². The molecule has 0 aliphatic carbocycles. The van der Waals surface area contributed by atoms with Crippen LogP contribution in [0.3, 0.4) is 0 Å². The maximum atomic E-state index is 13.5. The molecule has 0 saturated heterocycles. The van der Waals surface area contributed by atoms with E-state index in [-0.39, 0.29) is 18.1 Å². The molecule has 2 aromatic rings. The summed E-state index contributed by atoms with van der Waals surface area (Å²) in [6.07, 6.45) is 0. The number of amides is 1. The second-order valence-corrected chi connectivity index (χ2v) is 5.02. The quantitative estimate of drug-likeness (QED) is 0.853. The van der Waals surface area contributed by atoms with E-state index in [0.717, 1.165) is 0 Å². The summed E-state index contributed by atoms with van der Waals surface area (Å²) < 4.78 is 13.5. The Labute approximate surface area is 127 Å². The Morgan fingerprint density at radius 1 is 1.33 bits per heavy atom. The molecule has 0 saturated carbocycles. The summed E-state index contributed by atoms with van der Waals surface area (Å²) in [7, 11) is 1.71. The highest BCUT2D eigenvalue weighted by Crippen LogP contribution is 2.25. The lowest BCUT2D eigenvalue weighted by molar-refractivity contribution is -0.114. The lowest BCUT2D eigenvalue weighted by Gasteiger charge is -2.20. The molecule has 0 radical (unpaired) electrons. The van der Waals surface area contributed by atoms with E-state index in [1.807, 2.05) is 0 Å². The molecule has 0 bridgehead atoms. The summed E-state index contributed by atoms with van der Waals surface area (Å²) in [5.74, 6) is -0.822. The van der Waals surface area contributed by atoms with Gasteiger partial charge in [-0.3, -0.25) is 4.79 Å². The fourth-order valence-electron chi connectivity index (χ4n) is 1.90. The minimum absolute atomic E-state index is 0.0267. The second-order valence-electron chi connectivity index (χ2n) is 4.59. The van der Waals surface area contributed by atoms with Crippen molar-refractivity contribution in [2.75, 3.05) is 29.5 Å². The maximum absolute atomic E-state index is 13.5. The smallest absolute Gasteiger partial charge is 0.243 e. The first-order valence-electron chi connectivity index (χ1n) is 6.28. The molecule has 0 aliphatic rings. The van der Waals surface area contributed by atoms with Crippen LogP contribution in [0.1, 0.15) is 0 Å². The molecule has 4 nitrogen and oxygen atoms in total. The van der Waals surface area contributed by atoms with Crippen LogP contribution in [-0.2, 0) is 4.79 Å². The molecule has 0 unspecified atom stereocenters. The fraction of sp³-hybridized carbons (Fsp3) is 0.133. The van der Waals surface area contributed by atoms with Crippen LogP contribution in [0, 0.1) is 5.82 Å². The standard InChI is InChI=1S/C15H15ClFN3O/c1-20(14-8-10(16)6-7-12(14)18)9-15(21)19-13-5-3-2-4-11(13)17/h2-8H,9,18H2,1H3,(H,19,21). The number of nitrogens with two attached hydrogens (primary N) is 1. The Bertz CT molecular complexity index is 663. The Morgan fingerprint density at radius 2 is 2.05 bits per heavy atom. The number of halogens is 2. The summed E-state index contributed by atoms with van der Waals surface area (Å²) in [6, 6.07) is 11.0. The van der Waals surface area contributed by atoms with E-state index in [1.54, 1.807) is 42.3 Å². The van der Waals surface area contributed by atoms with Gasteiger partial charge in [-0.05, 0) is 30.3 Å². The number of anilines is 3. The van der Waals surface area contributed by atoms with E-state index < -0.39 is 5.82 Å². The van der Waals surface area contributed by atoms with Crippen LogP contribution in [-0.4, -0.2) is 19.5 Å². The van der Waals surface area contributed by atoms with Gasteiger partial charge < -0.3 is 16.0 Å². The van der Waals surface area contributed by atoms with E-state index in [0.29, 0.717) is 16.4 Å². The molecule has 110 valence electrons. The van der Waals surface area contributed by atoms with Crippen LogP contribution >= 0.6 is 11.6 Å². The van der Waals surface area contributed by atoms with Crippen molar-refractivity contribution in [2.24, 2.45) is 0 Å². The van der Waals surface area contributed by atoms with Gasteiger partial charge in [-0.25, -0.2) is 4.39 Å². The lowest BCUT2D eigenvalue weighted by atomic mass is 10.2. The van der Waals surface area contributed by atoms with Gasteiger partial charge in [0.15, 0.2) is 0 Å². The van der Waals surface area contributed by atoms with E-state index >= 15 is 0 Å². The maximum Gasteiger partial charge on any atom is 0.243 e. The van der Waals surface area contributed by atoms with E-state index in [9.17, 15) is 9.18 Å². The Morgan fingerprint density at radius 3 is 2.76 bits per heavy atom. The first-order chi connectivity index (χ1) is 9.97. The molecule has 6 heteroatoms. The summed E-state index contributed by atoms with van der Waals surface area (Å²) in [6.45, 7) is 0.0267. The fourth-order valence-corrected chi connectivity index (χ4v) is 2.07.